The molecule has 121 valence electrons. The van der Waals surface area contributed by atoms with Crippen LogP contribution in [0.3, 0.4) is 0 Å². The van der Waals surface area contributed by atoms with Crippen molar-refractivity contribution in [2.45, 2.75) is 59.0 Å². The summed E-state index contributed by atoms with van der Waals surface area (Å²) in [6.45, 7) is 12.4. The predicted molar refractivity (Wildman–Crippen MR) is 94.0 cm³/mol. The minimum absolute atomic E-state index is 0.118. The van der Waals surface area contributed by atoms with Crippen LogP contribution in [-0.2, 0) is 14.9 Å². The van der Waals surface area contributed by atoms with Gasteiger partial charge in [0.1, 0.15) is 5.60 Å². The molecule has 1 aromatic carbocycles. The molecule has 2 aliphatic carbocycles. The van der Waals surface area contributed by atoms with Crippen LogP contribution in [0.25, 0.3) is 5.57 Å². The summed E-state index contributed by atoms with van der Waals surface area (Å²) >= 11 is 0. The molecule has 0 amide bonds. The van der Waals surface area contributed by atoms with E-state index in [-0.39, 0.29) is 11.4 Å². The van der Waals surface area contributed by atoms with Gasteiger partial charge in [-0.15, -0.1) is 0 Å². The van der Waals surface area contributed by atoms with E-state index in [1.807, 2.05) is 26.8 Å². The first-order chi connectivity index (χ1) is 10.6. The molecule has 1 aromatic rings. The lowest BCUT2D eigenvalue weighted by atomic mass is 9.82. The van der Waals surface area contributed by atoms with Crippen LogP contribution in [-0.4, -0.2) is 11.6 Å². The third-order valence-electron chi connectivity index (χ3n) is 4.01. The SMILES string of the molecule is CC(C)(C)OC(=O)C1=C[C]1c1ccc(C(C)(C)C)c(C2=CC2)c1. The second kappa shape index (κ2) is 5.09. The lowest BCUT2D eigenvalue weighted by Gasteiger charge is -2.23. The first kappa shape index (κ1) is 16.0. The number of allylic oxidation sites excluding steroid dienone is 3. The third kappa shape index (κ3) is 3.57. The maximum absolute atomic E-state index is 12.1. The van der Waals surface area contributed by atoms with Gasteiger partial charge < -0.3 is 4.74 Å². The molecule has 0 fully saturated rings. The van der Waals surface area contributed by atoms with Gasteiger partial charge in [-0.3, -0.25) is 0 Å². The van der Waals surface area contributed by atoms with Crippen LogP contribution < -0.4 is 0 Å². The summed E-state index contributed by atoms with van der Waals surface area (Å²) in [4.78, 5) is 12.1. The van der Waals surface area contributed by atoms with Gasteiger partial charge in [0.15, 0.2) is 0 Å². The van der Waals surface area contributed by atoms with E-state index in [4.69, 9.17) is 4.74 Å². The van der Waals surface area contributed by atoms with Gasteiger partial charge in [-0.1, -0.05) is 45.1 Å². The topological polar surface area (TPSA) is 26.3 Å². The second-order valence-electron chi connectivity index (χ2n) is 8.42. The van der Waals surface area contributed by atoms with Crippen molar-refractivity contribution < 1.29 is 9.53 Å². The zero-order chi connectivity index (χ0) is 17.0. The number of benzene rings is 1. The van der Waals surface area contributed by atoms with Crippen LogP contribution in [0.4, 0.5) is 0 Å². The van der Waals surface area contributed by atoms with Crippen molar-refractivity contribution in [3.63, 3.8) is 0 Å². The standard InChI is InChI=1S/C21H25O2/c1-20(2,3)18-10-9-14(11-16(18)13-7-8-13)15-12-17(15)19(22)23-21(4,5)6/h7,9-12H,8H2,1-6H3. The summed E-state index contributed by atoms with van der Waals surface area (Å²) in [6, 6.07) is 6.55. The molecule has 1 radical (unpaired) electrons. The average Bonchev–Trinajstić information content (AvgIpc) is 3.26. The Hall–Kier alpha value is -1.83. The number of esters is 1. The zero-order valence-electron chi connectivity index (χ0n) is 14.9. The van der Waals surface area contributed by atoms with E-state index in [1.54, 1.807) is 0 Å². The highest BCUT2D eigenvalue weighted by molar-refractivity contribution is 6.02. The predicted octanol–water partition coefficient (Wildman–Crippen LogP) is 4.98. The van der Waals surface area contributed by atoms with Gasteiger partial charge in [0.25, 0.3) is 0 Å². The third-order valence-corrected chi connectivity index (χ3v) is 4.01. The molecular weight excluding hydrogens is 284 g/mol. The summed E-state index contributed by atoms with van der Waals surface area (Å²) in [5.41, 5.74) is 5.59. The van der Waals surface area contributed by atoms with Crippen LogP contribution in [0, 0.1) is 5.92 Å². The lowest BCUT2D eigenvalue weighted by molar-refractivity contribution is -0.149. The molecule has 0 heterocycles. The number of hydrogen-bond acceptors (Lipinski definition) is 2. The maximum Gasteiger partial charge on any atom is 0.335 e. The Labute approximate surface area is 139 Å². The summed E-state index contributed by atoms with van der Waals surface area (Å²) in [5, 5.41) is 0. The van der Waals surface area contributed by atoms with Gasteiger partial charge >= 0.3 is 5.97 Å². The molecule has 2 heteroatoms. The zero-order valence-corrected chi connectivity index (χ0v) is 14.9. The van der Waals surface area contributed by atoms with Gasteiger partial charge in [0.2, 0.25) is 0 Å². The Morgan fingerprint density at radius 2 is 1.74 bits per heavy atom. The summed E-state index contributed by atoms with van der Waals surface area (Å²) < 4.78 is 5.44. The minimum Gasteiger partial charge on any atom is -0.457 e. The fraction of sp³-hybridized carbons (Fsp3) is 0.429. The molecule has 0 aliphatic heterocycles. The van der Waals surface area contributed by atoms with Gasteiger partial charge in [-0.2, -0.15) is 0 Å². The van der Waals surface area contributed by atoms with Crippen molar-refractivity contribution in [2.24, 2.45) is 0 Å². The molecule has 0 unspecified atom stereocenters. The molecule has 0 spiro atoms. The Balaban J connectivity index is 1.80. The van der Waals surface area contributed by atoms with Crippen molar-refractivity contribution in [2.75, 3.05) is 0 Å². The van der Waals surface area contributed by atoms with Crippen molar-refractivity contribution in [3.05, 3.63) is 58.5 Å². The first-order valence-corrected chi connectivity index (χ1v) is 8.23. The van der Waals surface area contributed by atoms with E-state index in [2.05, 4.69) is 45.0 Å². The molecule has 0 N–H and O–H groups in total. The summed E-state index contributed by atoms with van der Waals surface area (Å²) in [5.74, 6) is 0.793. The highest BCUT2D eigenvalue weighted by Gasteiger charge is 2.37. The smallest absolute Gasteiger partial charge is 0.335 e. The molecule has 0 atom stereocenters. The number of carbonyl (C=O) groups is 1. The number of ether oxygens (including phenoxy) is 1. The number of carbonyl (C=O) groups excluding carboxylic acids is 1. The van der Waals surface area contributed by atoms with E-state index in [0.29, 0.717) is 5.57 Å². The monoisotopic (exact) mass is 309 g/mol. The fourth-order valence-corrected chi connectivity index (χ4v) is 2.75. The maximum atomic E-state index is 12.1. The molecule has 2 aliphatic rings. The summed E-state index contributed by atoms with van der Waals surface area (Å²) in [7, 11) is 0. The first-order valence-electron chi connectivity index (χ1n) is 8.23. The Morgan fingerprint density at radius 3 is 2.26 bits per heavy atom. The van der Waals surface area contributed by atoms with Gasteiger partial charge in [0.05, 0.1) is 11.5 Å². The molecule has 0 bridgehead atoms. The second-order valence-corrected chi connectivity index (χ2v) is 8.42. The summed E-state index contributed by atoms with van der Waals surface area (Å²) in [6.07, 6.45) is 5.26. The Morgan fingerprint density at radius 1 is 1.09 bits per heavy atom. The highest BCUT2D eigenvalue weighted by Crippen LogP contribution is 2.44. The Bertz CT molecular complexity index is 721. The Kier molecular flexibility index (Phi) is 3.55. The quantitative estimate of drug-likeness (QED) is 0.736. The van der Waals surface area contributed by atoms with Crippen LogP contribution in [0.2, 0.25) is 0 Å². The van der Waals surface area contributed by atoms with E-state index < -0.39 is 5.60 Å². The van der Waals surface area contributed by atoms with E-state index >= 15 is 0 Å². The molecule has 0 saturated heterocycles. The largest absolute Gasteiger partial charge is 0.457 e. The lowest BCUT2D eigenvalue weighted by Crippen LogP contribution is -2.23. The van der Waals surface area contributed by atoms with E-state index in [9.17, 15) is 4.79 Å². The van der Waals surface area contributed by atoms with Crippen LogP contribution >= 0.6 is 0 Å². The van der Waals surface area contributed by atoms with Gasteiger partial charge in [-0.25, -0.2) is 4.79 Å². The van der Waals surface area contributed by atoms with E-state index in [0.717, 1.165) is 17.9 Å². The highest BCUT2D eigenvalue weighted by atomic mass is 16.6. The minimum atomic E-state index is -0.453. The van der Waals surface area contributed by atoms with Crippen molar-refractivity contribution in [3.8, 4) is 0 Å². The van der Waals surface area contributed by atoms with E-state index in [1.165, 1.54) is 16.7 Å². The normalized spacial score (nSPS) is 17.5. The number of rotatable bonds is 3. The molecule has 0 aromatic heterocycles. The van der Waals surface area contributed by atoms with Gasteiger partial charge in [-0.05, 0) is 60.9 Å². The van der Waals surface area contributed by atoms with Crippen molar-refractivity contribution >= 4 is 11.5 Å². The number of hydrogen-bond donors (Lipinski definition) is 0. The van der Waals surface area contributed by atoms with Crippen molar-refractivity contribution in [1.82, 2.24) is 0 Å². The van der Waals surface area contributed by atoms with Crippen LogP contribution in [0.1, 0.15) is 64.7 Å². The van der Waals surface area contributed by atoms with Gasteiger partial charge in [0, 0.05) is 0 Å². The molecule has 0 saturated carbocycles. The molecule has 23 heavy (non-hydrogen) atoms. The molecule has 3 rings (SSSR count). The van der Waals surface area contributed by atoms with Crippen LogP contribution in [0.5, 0.6) is 0 Å². The van der Waals surface area contributed by atoms with Crippen molar-refractivity contribution in [1.29, 1.82) is 0 Å². The molecular formula is C21H25O2. The van der Waals surface area contributed by atoms with Crippen LogP contribution in [0.15, 0.2) is 35.9 Å². The molecule has 2 nitrogen and oxygen atoms in total. The fourth-order valence-electron chi connectivity index (χ4n) is 2.75. The average molecular weight is 309 g/mol.